The number of carbonyl (C=O) groups is 2. The van der Waals surface area contributed by atoms with Gasteiger partial charge in [0, 0.05) is 18.6 Å². The molecule has 3 rings (SSSR count). The summed E-state index contributed by atoms with van der Waals surface area (Å²) < 4.78 is 5.14. The number of amides is 2. The van der Waals surface area contributed by atoms with Crippen LogP contribution in [0.1, 0.15) is 12.0 Å². The lowest BCUT2D eigenvalue weighted by Gasteiger charge is -2.08. The molecule has 1 aliphatic heterocycles. The van der Waals surface area contributed by atoms with Crippen LogP contribution in [-0.2, 0) is 9.59 Å². The maximum Gasteiger partial charge on any atom is 0.293 e. The number of aryl methyl sites for hydroxylation is 1. The third kappa shape index (κ3) is 5.11. The van der Waals surface area contributed by atoms with E-state index in [9.17, 15) is 19.7 Å². The molecule has 29 heavy (non-hydrogen) atoms. The minimum absolute atomic E-state index is 0.0966. The van der Waals surface area contributed by atoms with Crippen molar-refractivity contribution in [3.05, 3.63) is 58.1 Å². The van der Waals surface area contributed by atoms with Crippen LogP contribution in [0.2, 0.25) is 0 Å². The minimum Gasteiger partial charge on any atom is -0.497 e. The maximum absolute atomic E-state index is 12.3. The Morgan fingerprint density at radius 2 is 2.14 bits per heavy atom. The normalized spacial score (nSPS) is 17.1. The summed E-state index contributed by atoms with van der Waals surface area (Å²) in [4.78, 5) is 39.5. The molecule has 0 bridgehead atoms. The van der Waals surface area contributed by atoms with Gasteiger partial charge in [0.1, 0.15) is 16.7 Å². The molecule has 0 saturated carbocycles. The number of aliphatic imine (C=N–C) groups is 1. The molecule has 1 fully saturated rings. The van der Waals surface area contributed by atoms with Crippen molar-refractivity contribution in [2.75, 3.05) is 12.4 Å². The highest BCUT2D eigenvalue weighted by atomic mass is 32.2. The smallest absolute Gasteiger partial charge is 0.293 e. The molecule has 150 valence electrons. The Hall–Kier alpha value is -3.40. The largest absolute Gasteiger partial charge is 0.497 e. The van der Waals surface area contributed by atoms with Crippen LogP contribution in [0, 0.1) is 17.0 Å². The Labute approximate surface area is 170 Å². The Morgan fingerprint density at radius 3 is 2.86 bits per heavy atom. The van der Waals surface area contributed by atoms with E-state index in [2.05, 4.69) is 15.6 Å². The van der Waals surface area contributed by atoms with Crippen molar-refractivity contribution in [2.24, 2.45) is 4.99 Å². The van der Waals surface area contributed by atoms with E-state index < -0.39 is 16.1 Å². The second-order valence-corrected chi connectivity index (χ2v) is 7.44. The fraction of sp³-hybridized carbons (Fsp3) is 0.211. The zero-order chi connectivity index (χ0) is 21.0. The molecule has 0 spiro atoms. The Balaban J connectivity index is 1.66. The summed E-state index contributed by atoms with van der Waals surface area (Å²) in [6.07, 6.45) is -0.140. The molecule has 2 amide bonds. The highest BCUT2D eigenvalue weighted by Gasteiger charge is 2.32. The Morgan fingerprint density at radius 1 is 1.34 bits per heavy atom. The molecule has 2 N–H and O–H groups in total. The van der Waals surface area contributed by atoms with E-state index in [1.807, 2.05) is 0 Å². The van der Waals surface area contributed by atoms with E-state index >= 15 is 0 Å². The first-order valence-electron chi connectivity index (χ1n) is 8.61. The molecule has 1 atom stereocenters. The fourth-order valence-electron chi connectivity index (χ4n) is 2.66. The van der Waals surface area contributed by atoms with Crippen LogP contribution in [0.5, 0.6) is 5.75 Å². The first kappa shape index (κ1) is 20.3. The molecule has 9 nitrogen and oxygen atoms in total. The van der Waals surface area contributed by atoms with Crippen LogP contribution in [0.3, 0.4) is 0 Å². The first-order chi connectivity index (χ1) is 13.9. The van der Waals surface area contributed by atoms with Gasteiger partial charge >= 0.3 is 0 Å². The standard InChI is InChI=1S/C19H18N4O5S/c1-11-6-7-14(15(8-11)23(26)27)21-17(24)10-16-18(25)22-19(29-16)20-12-4-3-5-13(9-12)28-2/h3-9,16H,10H2,1-2H3,(H,21,24)(H,20,22,25). The van der Waals surface area contributed by atoms with Crippen LogP contribution < -0.4 is 15.4 Å². The number of benzene rings is 2. The number of nitro groups is 1. The number of rotatable bonds is 6. The summed E-state index contributed by atoms with van der Waals surface area (Å²) in [5.74, 6) is -0.200. The summed E-state index contributed by atoms with van der Waals surface area (Å²) in [6, 6.07) is 11.6. The van der Waals surface area contributed by atoms with Crippen molar-refractivity contribution in [1.82, 2.24) is 5.32 Å². The zero-order valence-electron chi connectivity index (χ0n) is 15.7. The highest BCUT2D eigenvalue weighted by molar-refractivity contribution is 8.15. The average Bonchev–Trinajstić information content (AvgIpc) is 3.01. The maximum atomic E-state index is 12.3. The number of amidine groups is 1. The van der Waals surface area contributed by atoms with Gasteiger partial charge < -0.3 is 15.4 Å². The van der Waals surface area contributed by atoms with Gasteiger partial charge in [-0.1, -0.05) is 23.9 Å². The van der Waals surface area contributed by atoms with E-state index in [1.54, 1.807) is 44.4 Å². The summed E-state index contributed by atoms with van der Waals surface area (Å²) in [5.41, 5.74) is 1.22. The summed E-state index contributed by atoms with van der Waals surface area (Å²) in [5, 5.41) is 16.0. The number of carbonyl (C=O) groups excluding carboxylic acids is 2. The van der Waals surface area contributed by atoms with Crippen molar-refractivity contribution >= 4 is 45.8 Å². The molecule has 0 aromatic heterocycles. The first-order valence-corrected chi connectivity index (χ1v) is 9.49. The molecule has 0 aliphatic carbocycles. The third-order valence-corrected chi connectivity index (χ3v) is 5.14. The minimum atomic E-state index is -0.677. The highest BCUT2D eigenvalue weighted by Crippen LogP contribution is 2.29. The van der Waals surface area contributed by atoms with E-state index in [0.717, 1.165) is 11.8 Å². The predicted molar refractivity (Wildman–Crippen MR) is 111 cm³/mol. The lowest BCUT2D eigenvalue weighted by molar-refractivity contribution is -0.384. The number of methoxy groups -OCH3 is 1. The molecule has 2 aromatic rings. The predicted octanol–water partition coefficient (Wildman–Crippen LogP) is 3.16. The molecular weight excluding hydrogens is 396 g/mol. The molecule has 1 heterocycles. The van der Waals surface area contributed by atoms with Crippen LogP contribution in [0.4, 0.5) is 17.1 Å². The Bertz CT molecular complexity index is 1010. The SMILES string of the molecule is COc1cccc(N=C2NC(=O)C(CC(=O)Nc3ccc(C)cc3[N+](=O)[O-])S2)c1. The van der Waals surface area contributed by atoms with Gasteiger partial charge in [-0.2, -0.15) is 0 Å². The topological polar surface area (TPSA) is 123 Å². The quantitative estimate of drug-likeness (QED) is 0.553. The number of ether oxygens (including phenoxy) is 1. The van der Waals surface area contributed by atoms with E-state index in [-0.39, 0.29) is 23.7 Å². The van der Waals surface area contributed by atoms with Crippen LogP contribution in [0.15, 0.2) is 47.5 Å². The lowest BCUT2D eigenvalue weighted by Crippen LogP contribution is -2.28. The van der Waals surface area contributed by atoms with Crippen LogP contribution in [0.25, 0.3) is 0 Å². The molecular formula is C19H18N4O5S. The third-order valence-electron chi connectivity index (χ3n) is 4.06. The number of nitrogens with zero attached hydrogens (tertiary/aromatic N) is 2. The van der Waals surface area contributed by atoms with Gasteiger partial charge in [0.15, 0.2) is 5.17 Å². The number of hydrogen-bond donors (Lipinski definition) is 2. The van der Waals surface area contributed by atoms with Gasteiger partial charge in [-0.3, -0.25) is 19.7 Å². The molecule has 0 radical (unpaired) electrons. The van der Waals surface area contributed by atoms with Gasteiger partial charge in [-0.15, -0.1) is 0 Å². The van der Waals surface area contributed by atoms with Crippen molar-refractivity contribution in [2.45, 2.75) is 18.6 Å². The van der Waals surface area contributed by atoms with Crippen LogP contribution >= 0.6 is 11.8 Å². The summed E-state index contributed by atoms with van der Waals surface area (Å²) in [7, 11) is 1.55. The van der Waals surface area contributed by atoms with Crippen LogP contribution in [-0.4, -0.2) is 34.3 Å². The van der Waals surface area contributed by atoms with Crippen molar-refractivity contribution in [1.29, 1.82) is 0 Å². The van der Waals surface area contributed by atoms with Gasteiger partial charge in [-0.05, 0) is 30.7 Å². The fourth-order valence-corrected chi connectivity index (χ4v) is 3.65. The zero-order valence-corrected chi connectivity index (χ0v) is 16.5. The average molecular weight is 414 g/mol. The number of anilines is 1. The molecule has 1 aliphatic rings. The molecule has 1 saturated heterocycles. The van der Waals surface area contributed by atoms with Gasteiger partial charge in [0.25, 0.3) is 5.69 Å². The van der Waals surface area contributed by atoms with Crippen molar-refractivity contribution in [3.8, 4) is 5.75 Å². The number of thioether (sulfide) groups is 1. The number of hydrogen-bond acceptors (Lipinski definition) is 7. The van der Waals surface area contributed by atoms with Gasteiger partial charge in [0.05, 0.1) is 17.7 Å². The second-order valence-electron chi connectivity index (χ2n) is 6.24. The summed E-state index contributed by atoms with van der Waals surface area (Å²) >= 11 is 1.13. The van der Waals surface area contributed by atoms with E-state index in [1.165, 1.54) is 12.1 Å². The van der Waals surface area contributed by atoms with E-state index in [4.69, 9.17) is 4.74 Å². The van der Waals surface area contributed by atoms with Crippen molar-refractivity contribution in [3.63, 3.8) is 0 Å². The number of nitrogens with one attached hydrogen (secondary N) is 2. The molecule has 10 heteroatoms. The van der Waals surface area contributed by atoms with Gasteiger partial charge in [-0.25, -0.2) is 4.99 Å². The lowest BCUT2D eigenvalue weighted by atomic mass is 10.2. The number of nitro benzene ring substituents is 1. The second kappa shape index (κ2) is 8.74. The Kier molecular flexibility index (Phi) is 6.13. The van der Waals surface area contributed by atoms with E-state index in [0.29, 0.717) is 22.2 Å². The van der Waals surface area contributed by atoms with Gasteiger partial charge in [0.2, 0.25) is 11.8 Å². The monoisotopic (exact) mass is 414 g/mol. The molecule has 1 unspecified atom stereocenters. The summed E-state index contributed by atoms with van der Waals surface area (Å²) in [6.45, 7) is 1.72. The van der Waals surface area contributed by atoms with Crippen molar-refractivity contribution < 1.29 is 19.2 Å². The molecule has 2 aromatic carbocycles.